The minimum Gasteiger partial charge on any atom is -0.297 e. The van der Waals surface area contributed by atoms with Crippen molar-refractivity contribution < 1.29 is 9.18 Å². The van der Waals surface area contributed by atoms with Crippen LogP contribution in [0.1, 0.15) is 79.1 Å². The fraction of sp³-hybridized carbons (Fsp3) is 0.846. The lowest BCUT2D eigenvalue weighted by atomic mass is 9.49. The summed E-state index contributed by atoms with van der Waals surface area (Å²) in [6.45, 7) is 9.05. The lowest BCUT2D eigenvalue weighted by Crippen LogP contribution is -2.52. The molecule has 9 unspecified atom stereocenters. The Morgan fingerprint density at radius 1 is 1.07 bits per heavy atom. The van der Waals surface area contributed by atoms with Crippen LogP contribution in [0.2, 0.25) is 0 Å². The van der Waals surface area contributed by atoms with Gasteiger partial charge in [0, 0.05) is 18.3 Å². The van der Waals surface area contributed by atoms with Crippen molar-refractivity contribution in [2.75, 3.05) is 0 Å². The molecule has 1 aromatic heterocycles. The summed E-state index contributed by atoms with van der Waals surface area (Å²) >= 11 is 0. The van der Waals surface area contributed by atoms with Crippen LogP contribution in [0, 0.1) is 46.8 Å². The summed E-state index contributed by atoms with van der Waals surface area (Å²) in [7, 11) is 0. The number of carbonyl (C=O) groups is 1. The minimum absolute atomic E-state index is 0.0694. The summed E-state index contributed by atoms with van der Waals surface area (Å²) < 4.78 is 17.0. The van der Waals surface area contributed by atoms with Crippen LogP contribution in [0.4, 0.5) is 4.39 Å². The Kier molecular flexibility index (Phi) is 6.42. The van der Waals surface area contributed by atoms with Crippen LogP contribution in [0.3, 0.4) is 0 Å². The summed E-state index contributed by atoms with van der Waals surface area (Å²) in [5.74, 6) is 3.83. The largest absolute Gasteiger partial charge is 0.297 e. The fourth-order valence-electron chi connectivity index (χ4n) is 8.21. The number of rotatable bonds is 3. The molecule has 9 atom stereocenters. The van der Waals surface area contributed by atoms with Crippen LogP contribution in [-0.4, -0.2) is 21.7 Å². The summed E-state index contributed by atoms with van der Waals surface area (Å²) in [6.07, 6.45) is 11.9. The van der Waals surface area contributed by atoms with Gasteiger partial charge < -0.3 is 0 Å². The highest BCUT2D eigenvalue weighted by molar-refractivity contribution is 5.82. The Balaban J connectivity index is 0.00000106. The maximum Gasteiger partial charge on any atom is 0.157 e. The molecule has 0 aromatic carbocycles. The zero-order chi connectivity index (χ0) is 21.5. The van der Waals surface area contributed by atoms with Crippen LogP contribution in [0.15, 0.2) is 18.5 Å². The second-order valence-corrected chi connectivity index (χ2v) is 10.8. The maximum absolute atomic E-state index is 15.3. The van der Waals surface area contributed by atoms with Gasteiger partial charge >= 0.3 is 0 Å². The number of alkyl halides is 1. The summed E-state index contributed by atoms with van der Waals surface area (Å²) in [6, 6.07) is 1.88. The highest BCUT2D eigenvalue weighted by Gasteiger charge is 2.59. The minimum atomic E-state index is -0.616. The van der Waals surface area contributed by atoms with Crippen molar-refractivity contribution >= 4 is 5.78 Å². The van der Waals surface area contributed by atoms with Crippen molar-refractivity contribution in [2.45, 2.75) is 91.8 Å². The SMILES string of the molecule is CC.CC1CCC2C(C1)C(F)CC1C2CCC2(C)C(C(=O)Cn3cccn3)CCC12. The Bertz CT molecular complexity index is 719. The van der Waals surface area contributed by atoms with E-state index in [1.807, 2.05) is 26.1 Å². The van der Waals surface area contributed by atoms with Crippen molar-refractivity contribution in [1.82, 2.24) is 9.78 Å². The van der Waals surface area contributed by atoms with E-state index in [0.29, 0.717) is 47.8 Å². The van der Waals surface area contributed by atoms with Crippen LogP contribution < -0.4 is 0 Å². The molecule has 4 aliphatic carbocycles. The molecule has 0 aliphatic heterocycles. The highest BCUT2D eigenvalue weighted by atomic mass is 19.1. The van der Waals surface area contributed by atoms with E-state index in [-0.39, 0.29) is 11.3 Å². The Morgan fingerprint density at radius 3 is 2.57 bits per heavy atom. The molecule has 0 saturated heterocycles. The highest BCUT2D eigenvalue weighted by Crippen LogP contribution is 2.64. The van der Waals surface area contributed by atoms with Gasteiger partial charge in [-0.25, -0.2) is 4.39 Å². The molecule has 3 nitrogen and oxygen atoms in total. The van der Waals surface area contributed by atoms with Crippen molar-refractivity contribution in [3.63, 3.8) is 0 Å². The zero-order valence-corrected chi connectivity index (χ0v) is 19.4. The predicted octanol–water partition coefficient (Wildman–Crippen LogP) is 6.33. The number of carbonyl (C=O) groups excluding carboxylic acids is 1. The Labute approximate surface area is 182 Å². The molecular weight excluding hydrogens is 375 g/mol. The zero-order valence-electron chi connectivity index (χ0n) is 19.4. The van der Waals surface area contributed by atoms with E-state index in [0.717, 1.165) is 32.1 Å². The molecule has 30 heavy (non-hydrogen) atoms. The van der Waals surface area contributed by atoms with Gasteiger partial charge in [0.05, 0.1) is 6.54 Å². The van der Waals surface area contributed by atoms with Gasteiger partial charge in [0.1, 0.15) is 6.17 Å². The van der Waals surface area contributed by atoms with E-state index >= 15 is 4.39 Å². The lowest BCUT2D eigenvalue weighted by molar-refractivity contribution is -0.133. The predicted molar refractivity (Wildman–Crippen MR) is 119 cm³/mol. The third kappa shape index (κ3) is 3.66. The summed E-state index contributed by atoms with van der Waals surface area (Å²) in [4.78, 5) is 13.1. The van der Waals surface area contributed by atoms with Gasteiger partial charge in [0.2, 0.25) is 0 Å². The van der Waals surface area contributed by atoms with Crippen LogP contribution >= 0.6 is 0 Å². The number of nitrogens with zero attached hydrogens (tertiary/aromatic N) is 2. The van der Waals surface area contributed by atoms with E-state index in [9.17, 15) is 4.79 Å². The number of ketones is 1. The molecule has 168 valence electrons. The quantitative estimate of drug-likeness (QED) is 0.577. The van der Waals surface area contributed by atoms with Gasteiger partial charge in [-0.2, -0.15) is 5.10 Å². The number of fused-ring (bicyclic) bond motifs is 5. The average molecular weight is 417 g/mol. The molecule has 0 N–H and O–H groups in total. The van der Waals surface area contributed by atoms with Crippen molar-refractivity contribution in [3.05, 3.63) is 18.5 Å². The van der Waals surface area contributed by atoms with E-state index in [4.69, 9.17) is 0 Å². The lowest BCUT2D eigenvalue weighted by Gasteiger charge is -2.56. The molecule has 4 fully saturated rings. The van der Waals surface area contributed by atoms with Crippen molar-refractivity contribution in [1.29, 1.82) is 0 Å². The van der Waals surface area contributed by atoms with E-state index < -0.39 is 6.17 Å². The van der Waals surface area contributed by atoms with Gasteiger partial charge in [0.25, 0.3) is 0 Å². The second-order valence-electron chi connectivity index (χ2n) is 10.8. The second kappa shape index (κ2) is 8.74. The average Bonchev–Trinajstić information content (AvgIpc) is 3.37. The Hall–Kier alpha value is -1.19. The molecule has 0 radical (unpaired) electrons. The molecule has 4 aliphatic rings. The Morgan fingerprint density at radius 2 is 1.83 bits per heavy atom. The first-order chi connectivity index (χ1) is 14.5. The number of hydrogen-bond donors (Lipinski definition) is 0. The van der Waals surface area contributed by atoms with Gasteiger partial charge in [-0.1, -0.05) is 34.1 Å². The number of halogens is 1. The maximum atomic E-state index is 15.3. The molecule has 4 saturated carbocycles. The third-order valence-electron chi connectivity index (χ3n) is 9.49. The topological polar surface area (TPSA) is 34.9 Å². The monoisotopic (exact) mass is 416 g/mol. The van der Waals surface area contributed by atoms with E-state index in [2.05, 4.69) is 18.9 Å². The van der Waals surface area contributed by atoms with Crippen LogP contribution in [0.5, 0.6) is 0 Å². The molecule has 4 heteroatoms. The normalized spacial score (nSPS) is 44.8. The van der Waals surface area contributed by atoms with E-state index in [1.165, 1.54) is 19.3 Å². The van der Waals surface area contributed by atoms with Gasteiger partial charge in [-0.15, -0.1) is 0 Å². The molecule has 0 amide bonds. The van der Waals surface area contributed by atoms with Gasteiger partial charge in [-0.3, -0.25) is 9.48 Å². The number of Topliss-reactive ketones (excluding diaryl/α,β-unsaturated/α-hetero) is 1. The smallest absolute Gasteiger partial charge is 0.157 e. The molecule has 0 bridgehead atoms. The van der Waals surface area contributed by atoms with Gasteiger partial charge in [-0.05, 0) is 91.9 Å². The first kappa shape index (κ1) is 22.0. The third-order valence-corrected chi connectivity index (χ3v) is 9.49. The molecule has 0 spiro atoms. The van der Waals surface area contributed by atoms with E-state index in [1.54, 1.807) is 10.9 Å². The fourth-order valence-corrected chi connectivity index (χ4v) is 8.21. The molecule has 1 heterocycles. The number of aromatic nitrogens is 2. The van der Waals surface area contributed by atoms with Crippen LogP contribution in [0.25, 0.3) is 0 Å². The summed E-state index contributed by atoms with van der Waals surface area (Å²) in [5.41, 5.74) is 0.0694. The van der Waals surface area contributed by atoms with Gasteiger partial charge in [0.15, 0.2) is 5.78 Å². The number of hydrogen-bond acceptors (Lipinski definition) is 2. The van der Waals surface area contributed by atoms with Crippen LogP contribution in [-0.2, 0) is 11.3 Å². The summed E-state index contributed by atoms with van der Waals surface area (Å²) in [5, 5.41) is 4.23. The molecule has 5 rings (SSSR count). The van der Waals surface area contributed by atoms with Crippen molar-refractivity contribution in [3.8, 4) is 0 Å². The first-order valence-corrected chi connectivity index (χ1v) is 12.6. The molecule has 1 aromatic rings. The standard InChI is InChI=1S/C24H35FN2O.C2H6/c1-15-4-5-16-17-8-9-24(2)20(18(17)13-22(25)19(16)12-15)6-7-21(24)23(28)14-27-11-3-10-26-27;1-2/h3,10-11,15-22H,4-9,12-14H2,1-2H3;1-2H3. The molecular formula is C26H41FN2O. The van der Waals surface area contributed by atoms with Crippen molar-refractivity contribution in [2.24, 2.45) is 46.8 Å². The first-order valence-electron chi connectivity index (χ1n) is 12.6.